The molecule has 26 heavy (non-hydrogen) atoms. The number of benzene rings is 1. The molecule has 7 heteroatoms. The first kappa shape index (κ1) is 17.3. The van der Waals surface area contributed by atoms with Gasteiger partial charge in [-0.15, -0.1) is 0 Å². The lowest BCUT2D eigenvalue weighted by Gasteiger charge is -2.37. The highest BCUT2D eigenvalue weighted by Gasteiger charge is 2.56. The zero-order valence-corrected chi connectivity index (χ0v) is 16.1. The maximum atomic E-state index is 12.8. The number of methoxy groups -OCH3 is 2. The summed E-state index contributed by atoms with van der Waals surface area (Å²) < 4.78 is 11.3. The van der Waals surface area contributed by atoms with Crippen molar-refractivity contribution in [3.05, 3.63) is 34.3 Å². The van der Waals surface area contributed by atoms with Gasteiger partial charge in [0.15, 0.2) is 11.5 Å². The predicted octanol–water partition coefficient (Wildman–Crippen LogP) is 3.00. The topological polar surface area (TPSA) is 68.2 Å². The predicted molar refractivity (Wildman–Crippen MR) is 99.0 cm³/mol. The van der Waals surface area contributed by atoms with Crippen molar-refractivity contribution in [1.82, 2.24) is 5.01 Å². The van der Waals surface area contributed by atoms with E-state index in [0.29, 0.717) is 21.5 Å². The standard InChI is InChI=1S/C19H19BrN2O4/c1-25-14-8-10(7-13(20)17(14)26-2)9-21-22-18(23)15-11-3-4-12(6-5-11)16(15)19(22)24/h3-4,7-9,11-12,15-16H,5-6H2,1-2H3/b21-9-/t11-,12+,15-,16-/m0/s1. The average molecular weight is 419 g/mol. The molecule has 0 spiro atoms. The summed E-state index contributed by atoms with van der Waals surface area (Å²) in [6.07, 6.45) is 7.65. The maximum Gasteiger partial charge on any atom is 0.254 e. The number of rotatable bonds is 4. The van der Waals surface area contributed by atoms with E-state index < -0.39 is 0 Å². The second-order valence-electron chi connectivity index (χ2n) is 6.81. The van der Waals surface area contributed by atoms with Gasteiger partial charge < -0.3 is 9.47 Å². The zero-order chi connectivity index (χ0) is 18.4. The number of ether oxygens (including phenoxy) is 2. The largest absolute Gasteiger partial charge is 0.493 e. The van der Waals surface area contributed by atoms with E-state index >= 15 is 0 Å². The molecule has 5 rings (SSSR count). The first-order valence-corrected chi connectivity index (χ1v) is 9.36. The Balaban J connectivity index is 1.61. The van der Waals surface area contributed by atoms with E-state index in [1.165, 1.54) is 6.21 Å². The molecule has 2 amide bonds. The molecule has 0 aromatic heterocycles. The maximum absolute atomic E-state index is 12.8. The van der Waals surface area contributed by atoms with Gasteiger partial charge in [0.25, 0.3) is 11.8 Å². The highest BCUT2D eigenvalue weighted by molar-refractivity contribution is 9.10. The Labute approximate surface area is 160 Å². The van der Waals surface area contributed by atoms with E-state index in [1.54, 1.807) is 26.4 Å². The van der Waals surface area contributed by atoms with Crippen LogP contribution in [0.3, 0.4) is 0 Å². The number of allylic oxidation sites excluding steroid dienone is 2. The van der Waals surface area contributed by atoms with Gasteiger partial charge in [0, 0.05) is 0 Å². The van der Waals surface area contributed by atoms with Crippen molar-refractivity contribution in [2.75, 3.05) is 14.2 Å². The molecule has 6 nitrogen and oxygen atoms in total. The Morgan fingerprint density at radius 3 is 2.19 bits per heavy atom. The van der Waals surface area contributed by atoms with Crippen molar-refractivity contribution in [2.45, 2.75) is 12.8 Å². The van der Waals surface area contributed by atoms with Gasteiger partial charge in [0.2, 0.25) is 0 Å². The van der Waals surface area contributed by atoms with Crippen LogP contribution in [0.4, 0.5) is 0 Å². The minimum atomic E-state index is -0.250. The van der Waals surface area contributed by atoms with E-state index in [1.807, 2.05) is 0 Å². The minimum absolute atomic E-state index is 0.164. The molecule has 3 aliphatic carbocycles. The molecule has 2 bridgehead atoms. The van der Waals surface area contributed by atoms with Crippen molar-refractivity contribution in [1.29, 1.82) is 0 Å². The summed E-state index contributed by atoms with van der Waals surface area (Å²) in [5.41, 5.74) is 0.700. The number of hydrogen-bond donors (Lipinski definition) is 0. The number of imide groups is 1. The lowest BCUT2D eigenvalue weighted by molar-refractivity contribution is -0.140. The molecule has 4 aliphatic rings. The first-order valence-electron chi connectivity index (χ1n) is 8.56. The van der Waals surface area contributed by atoms with Crippen LogP contribution < -0.4 is 9.47 Å². The van der Waals surface area contributed by atoms with Crippen LogP contribution in [-0.2, 0) is 9.59 Å². The normalized spacial score (nSPS) is 29.6. The van der Waals surface area contributed by atoms with Crippen LogP contribution >= 0.6 is 15.9 Å². The van der Waals surface area contributed by atoms with E-state index in [-0.39, 0.29) is 35.5 Å². The number of hydrazone groups is 1. The molecule has 2 fully saturated rings. The number of halogens is 1. The molecule has 136 valence electrons. The zero-order valence-electron chi connectivity index (χ0n) is 14.5. The molecule has 0 radical (unpaired) electrons. The fourth-order valence-corrected chi connectivity index (χ4v) is 4.93. The third kappa shape index (κ3) is 2.57. The molecule has 1 aromatic rings. The molecule has 4 atom stereocenters. The van der Waals surface area contributed by atoms with Gasteiger partial charge in [-0.1, -0.05) is 12.2 Å². The SMILES string of the molecule is COc1cc(/C=N\N2C(=O)[C@@H]3[C@@H](C2=O)[C@H]2C=C[C@@H]3CC2)cc(Br)c1OC. The molecule has 0 N–H and O–H groups in total. The lowest BCUT2D eigenvalue weighted by atomic mass is 9.63. The smallest absolute Gasteiger partial charge is 0.254 e. The van der Waals surface area contributed by atoms with Gasteiger partial charge in [0.05, 0.1) is 36.7 Å². The van der Waals surface area contributed by atoms with E-state index in [9.17, 15) is 9.59 Å². The van der Waals surface area contributed by atoms with Gasteiger partial charge in [-0.05, 0) is 58.3 Å². The van der Waals surface area contributed by atoms with Crippen molar-refractivity contribution in [3.63, 3.8) is 0 Å². The summed E-state index contributed by atoms with van der Waals surface area (Å²) in [5, 5.41) is 5.27. The Bertz CT molecular complexity index is 803. The number of hydrogen-bond acceptors (Lipinski definition) is 5. The van der Waals surface area contributed by atoms with Crippen molar-refractivity contribution in [3.8, 4) is 11.5 Å². The first-order chi connectivity index (χ1) is 12.5. The number of carbonyl (C=O) groups is 2. The molecule has 1 aliphatic heterocycles. The number of amides is 2. The minimum Gasteiger partial charge on any atom is -0.493 e. The molecular formula is C19H19BrN2O4. The van der Waals surface area contributed by atoms with Crippen LogP contribution in [0.15, 0.2) is 33.9 Å². The molecule has 1 saturated carbocycles. The average Bonchev–Trinajstić information content (AvgIpc) is 2.93. The van der Waals surface area contributed by atoms with Crippen LogP contribution in [0.1, 0.15) is 18.4 Å². The van der Waals surface area contributed by atoms with E-state index in [0.717, 1.165) is 17.9 Å². The van der Waals surface area contributed by atoms with Crippen molar-refractivity contribution in [2.24, 2.45) is 28.8 Å². The van der Waals surface area contributed by atoms with E-state index in [2.05, 4.69) is 33.2 Å². The van der Waals surface area contributed by atoms with Crippen LogP contribution in [0, 0.1) is 23.7 Å². The third-order valence-corrected chi connectivity index (χ3v) is 6.10. The van der Waals surface area contributed by atoms with Crippen molar-refractivity contribution < 1.29 is 19.1 Å². The second kappa shape index (κ2) is 6.54. The lowest BCUT2D eigenvalue weighted by Crippen LogP contribution is -2.38. The van der Waals surface area contributed by atoms with Gasteiger partial charge in [-0.3, -0.25) is 9.59 Å². The fraction of sp³-hybridized carbons (Fsp3) is 0.421. The molecule has 0 unspecified atom stereocenters. The summed E-state index contributed by atoms with van der Waals surface area (Å²) in [5.74, 6) is 0.574. The number of fused-ring (bicyclic) bond motifs is 1. The monoisotopic (exact) mass is 418 g/mol. The highest BCUT2D eigenvalue weighted by atomic mass is 79.9. The molecular weight excluding hydrogens is 400 g/mol. The second-order valence-corrected chi connectivity index (χ2v) is 7.67. The Hall–Kier alpha value is -2.15. The van der Waals surface area contributed by atoms with Gasteiger partial charge in [-0.25, -0.2) is 0 Å². The highest BCUT2D eigenvalue weighted by Crippen LogP contribution is 2.49. The summed E-state index contributed by atoms with van der Waals surface area (Å²) in [6.45, 7) is 0. The third-order valence-electron chi connectivity index (χ3n) is 5.51. The molecule has 1 heterocycles. The number of carbonyl (C=O) groups excluding carboxylic acids is 2. The van der Waals surface area contributed by atoms with Crippen LogP contribution in [0.2, 0.25) is 0 Å². The van der Waals surface area contributed by atoms with Gasteiger partial charge in [0.1, 0.15) is 0 Å². The number of nitrogens with zero attached hydrogens (tertiary/aromatic N) is 2. The Morgan fingerprint density at radius 1 is 1.08 bits per heavy atom. The fourth-order valence-electron chi connectivity index (χ4n) is 4.31. The van der Waals surface area contributed by atoms with Gasteiger partial charge >= 0.3 is 0 Å². The molecule has 1 aromatic carbocycles. The quantitative estimate of drug-likeness (QED) is 0.428. The van der Waals surface area contributed by atoms with E-state index in [4.69, 9.17) is 9.47 Å². The Kier molecular flexibility index (Phi) is 4.34. The van der Waals surface area contributed by atoms with Crippen LogP contribution in [0.5, 0.6) is 11.5 Å². The van der Waals surface area contributed by atoms with Crippen molar-refractivity contribution >= 4 is 34.0 Å². The van der Waals surface area contributed by atoms with Crippen LogP contribution in [-0.4, -0.2) is 37.3 Å². The summed E-state index contributed by atoms with van der Waals surface area (Å²) >= 11 is 3.43. The summed E-state index contributed by atoms with van der Waals surface area (Å²) in [6, 6.07) is 3.55. The Morgan fingerprint density at radius 2 is 1.69 bits per heavy atom. The summed E-state index contributed by atoms with van der Waals surface area (Å²) in [7, 11) is 3.11. The van der Waals surface area contributed by atoms with Crippen LogP contribution in [0.25, 0.3) is 0 Å². The molecule has 1 saturated heterocycles. The van der Waals surface area contributed by atoms with Gasteiger partial charge in [-0.2, -0.15) is 10.1 Å². The summed E-state index contributed by atoms with van der Waals surface area (Å²) in [4.78, 5) is 25.5.